The van der Waals surface area contributed by atoms with Gasteiger partial charge in [0.25, 0.3) is 0 Å². The molecule has 0 bridgehead atoms. The van der Waals surface area contributed by atoms with Crippen LogP contribution in [-0.2, 0) is 19.2 Å². The average Bonchev–Trinajstić information content (AvgIpc) is 2.70. The van der Waals surface area contributed by atoms with E-state index in [1.54, 1.807) is 0 Å². The number of carbonyl (C=O) groups is 4. The highest BCUT2D eigenvalue weighted by Crippen LogP contribution is 2.10. The van der Waals surface area contributed by atoms with Gasteiger partial charge in [0.15, 0.2) is 0 Å². The fraction of sp³-hybridized carbons (Fsp3) is 0.810. The van der Waals surface area contributed by atoms with Crippen LogP contribution in [0.3, 0.4) is 0 Å². The zero-order valence-electron chi connectivity index (χ0n) is 19.7. The van der Waals surface area contributed by atoms with E-state index in [0.29, 0.717) is 38.6 Å². The van der Waals surface area contributed by atoms with Crippen molar-refractivity contribution in [3.63, 3.8) is 0 Å². The summed E-state index contributed by atoms with van der Waals surface area (Å²) in [5.74, 6) is -2.26. The number of unbranched alkanes of at least 4 members (excludes halogenated alkanes) is 1. The van der Waals surface area contributed by atoms with Gasteiger partial charge in [-0.3, -0.25) is 19.2 Å². The summed E-state index contributed by atoms with van der Waals surface area (Å²) in [6, 6.07) is -3.87. The van der Waals surface area contributed by atoms with Gasteiger partial charge in [0.1, 0.15) is 24.2 Å². The molecule has 0 saturated heterocycles. The lowest BCUT2D eigenvalue weighted by molar-refractivity contribution is -0.134. The van der Waals surface area contributed by atoms with Crippen LogP contribution in [0.25, 0.3) is 0 Å². The number of nitrogens with one attached hydrogen (secondary N) is 3. The molecule has 32 heavy (non-hydrogen) atoms. The predicted molar refractivity (Wildman–Crippen MR) is 122 cm³/mol. The maximum Gasteiger partial charge on any atom is 0.243 e. The molecule has 0 saturated carbocycles. The largest absolute Gasteiger partial charge is 0.394 e. The van der Waals surface area contributed by atoms with Crippen LogP contribution in [0.5, 0.6) is 0 Å². The molecular weight excluding hydrogens is 416 g/mol. The molecule has 4 amide bonds. The Labute approximate surface area is 190 Å². The first-order chi connectivity index (χ1) is 14.9. The Morgan fingerprint density at radius 2 is 1.22 bits per heavy atom. The maximum atomic E-state index is 12.9. The first kappa shape index (κ1) is 29.8. The van der Waals surface area contributed by atoms with Crippen molar-refractivity contribution in [2.24, 2.45) is 29.0 Å². The van der Waals surface area contributed by atoms with E-state index in [0.717, 1.165) is 0 Å². The van der Waals surface area contributed by atoms with Crippen LogP contribution in [0, 0.1) is 11.8 Å². The SMILES string of the molecule is CC(C)C[C@H](NC(=O)[C@H](CC(C)C)NC(=O)[C@@H](N)CO)C(=O)N[C@@H](CCCCN)C(N)=O. The molecule has 0 aliphatic heterocycles. The first-order valence-electron chi connectivity index (χ1n) is 11.2. The van der Waals surface area contributed by atoms with Crippen molar-refractivity contribution in [1.29, 1.82) is 0 Å². The van der Waals surface area contributed by atoms with Gasteiger partial charge in [-0.25, -0.2) is 0 Å². The normalized spacial score (nSPS) is 15.0. The van der Waals surface area contributed by atoms with Gasteiger partial charge in [-0.1, -0.05) is 27.7 Å². The molecule has 11 heteroatoms. The zero-order valence-corrected chi connectivity index (χ0v) is 19.7. The first-order valence-corrected chi connectivity index (χ1v) is 11.2. The number of hydrogen-bond donors (Lipinski definition) is 7. The van der Waals surface area contributed by atoms with Gasteiger partial charge < -0.3 is 38.3 Å². The molecule has 0 aromatic rings. The van der Waals surface area contributed by atoms with Crippen LogP contribution < -0.4 is 33.2 Å². The lowest BCUT2D eigenvalue weighted by Crippen LogP contribution is -2.58. The van der Waals surface area contributed by atoms with E-state index in [-0.39, 0.29) is 11.8 Å². The number of nitrogens with two attached hydrogens (primary N) is 3. The second kappa shape index (κ2) is 15.5. The Bertz CT molecular complexity index is 613. The molecule has 0 rings (SSSR count). The van der Waals surface area contributed by atoms with Crippen molar-refractivity contribution in [3.05, 3.63) is 0 Å². The summed E-state index contributed by atoms with van der Waals surface area (Å²) in [6.07, 6.45) is 2.31. The van der Waals surface area contributed by atoms with Crippen LogP contribution >= 0.6 is 0 Å². The van der Waals surface area contributed by atoms with Gasteiger partial charge in [0, 0.05) is 0 Å². The Morgan fingerprint density at radius 1 is 0.781 bits per heavy atom. The second-order valence-corrected chi connectivity index (χ2v) is 8.92. The Hall–Kier alpha value is -2.24. The molecule has 0 aliphatic carbocycles. The lowest BCUT2D eigenvalue weighted by atomic mass is 9.99. The summed E-state index contributed by atoms with van der Waals surface area (Å²) in [4.78, 5) is 49.7. The number of hydrogen-bond acceptors (Lipinski definition) is 7. The monoisotopic (exact) mass is 458 g/mol. The molecule has 11 nitrogen and oxygen atoms in total. The fourth-order valence-corrected chi connectivity index (χ4v) is 3.09. The van der Waals surface area contributed by atoms with E-state index >= 15 is 0 Å². The summed E-state index contributed by atoms with van der Waals surface area (Å²) >= 11 is 0. The van der Waals surface area contributed by atoms with E-state index in [4.69, 9.17) is 22.3 Å². The van der Waals surface area contributed by atoms with Crippen molar-refractivity contribution in [1.82, 2.24) is 16.0 Å². The van der Waals surface area contributed by atoms with Gasteiger partial charge in [-0.2, -0.15) is 0 Å². The van der Waals surface area contributed by atoms with Gasteiger partial charge in [-0.05, 0) is 50.5 Å². The highest BCUT2D eigenvalue weighted by molar-refractivity contribution is 5.94. The van der Waals surface area contributed by atoms with Crippen LogP contribution in [0.2, 0.25) is 0 Å². The van der Waals surface area contributed by atoms with Crippen LogP contribution in [0.15, 0.2) is 0 Å². The summed E-state index contributed by atoms with van der Waals surface area (Å²) in [5, 5.41) is 16.9. The maximum absolute atomic E-state index is 12.9. The highest BCUT2D eigenvalue weighted by Gasteiger charge is 2.30. The summed E-state index contributed by atoms with van der Waals surface area (Å²) in [6.45, 7) is 7.47. The molecule has 0 heterocycles. The molecule has 0 spiro atoms. The second-order valence-electron chi connectivity index (χ2n) is 8.92. The summed E-state index contributed by atoms with van der Waals surface area (Å²) < 4.78 is 0. The summed E-state index contributed by atoms with van der Waals surface area (Å²) in [7, 11) is 0. The van der Waals surface area contributed by atoms with Gasteiger partial charge in [0.2, 0.25) is 23.6 Å². The number of amides is 4. The van der Waals surface area contributed by atoms with E-state index in [1.807, 2.05) is 27.7 Å². The Morgan fingerprint density at radius 3 is 1.59 bits per heavy atom. The van der Waals surface area contributed by atoms with Crippen LogP contribution in [0.4, 0.5) is 0 Å². The van der Waals surface area contributed by atoms with Crippen molar-refractivity contribution in [2.75, 3.05) is 13.2 Å². The van der Waals surface area contributed by atoms with Gasteiger partial charge in [0.05, 0.1) is 6.61 Å². The molecule has 0 unspecified atom stereocenters. The number of aliphatic hydroxyl groups excluding tert-OH is 1. The van der Waals surface area contributed by atoms with Crippen LogP contribution in [0.1, 0.15) is 59.8 Å². The summed E-state index contributed by atoms with van der Waals surface area (Å²) in [5.41, 5.74) is 16.4. The minimum absolute atomic E-state index is 0.0653. The fourth-order valence-electron chi connectivity index (χ4n) is 3.09. The third-order valence-electron chi connectivity index (χ3n) is 4.82. The Balaban J connectivity index is 5.40. The number of primary amides is 1. The standard InChI is InChI=1S/C21H42N6O5/c1-12(2)9-16(26-19(30)14(23)11-28)21(32)27-17(10-13(3)4)20(31)25-15(18(24)29)7-5-6-8-22/h12-17,28H,5-11,22-23H2,1-4H3,(H2,24,29)(H,25,31)(H,26,30)(H,27,32)/t14-,15-,16-,17-/m0/s1. The molecule has 186 valence electrons. The molecule has 0 fully saturated rings. The van der Waals surface area contributed by atoms with Crippen LogP contribution in [-0.4, -0.2) is 66.1 Å². The van der Waals surface area contributed by atoms with Gasteiger partial charge in [-0.15, -0.1) is 0 Å². The molecule has 0 aliphatic rings. The molecule has 4 atom stereocenters. The van der Waals surface area contributed by atoms with E-state index in [9.17, 15) is 19.2 Å². The zero-order chi connectivity index (χ0) is 24.8. The minimum Gasteiger partial charge on any atom is -0.394 e. The Kier molecular flexibility index (Phi) is 14.5. The number of aliphatic hydroxyl groups is 1. The van der Waals surface area contributed by atoms with E-state index in [1.165, 1.54) is 0 Å². The molecule has 10 N–H and O–H groups in total. The average molecular weight is 459 g/mol. The lowest BCUT2D eigenvalue weighted by Gasteiger charge is -2.27. The van der Waals surface area contributed by atoms with E-state index in [2.05, 4.69) is 16.0 Å². The third-order valence-corrected chi connectivity index (χ3v) is 4.82. The number of rotatable bonds is 16. The molecule has 0 aromatic heterocycles. The van der Waals surface area contributed by atoms with Crippen molar-refractivity contribution in [2.45, 2.75) is 84.0 Å². The highest BCUT2D eigenvalue weighted by atomic mass is 16.3. The van der Waals surface area contributed by atoms with Crippen molar-refractivity contribution in [3.8, 4) is 0 Å². The minimum atomic E-state index is -1.16. The third kappa shape index (κ3) is 12.0. The number of carbonyl (C=O) groups excluding carboxylic acids is 4. The predicted octanol–water partition coefficient (Wildman–Crippen LogP) is -1.53. The topological polar surface area (TPSA) is 203 Å². The smallest absolute Gasteiger partial charge is 0.243 e. The van der Waals surface area contributed by atoms with Gasteiger partial charge >= 0.3 is 0 Å². The molecule has 0 aromatic carbocycles. The van der Waals surface area contributed by atoms with E-state index < -0.39 is 54.4 Å². The molecular formula is C21H42N6O5. The van der Waals surface area contributed by atoms with Crippen molar-refractivity contribution >= 4 is 23.6 Å². The van der Waals surface area contributed by atoms with Crippen molar-refractivity contribution < 1.29 is 24.3 Å². The quantitative estimate of drug-likeness (QED) is 0.136. The molecule has 0 radical (unpaired) electrons.